The van der Waals surface area contributed by atoms with Gasteiger partial charge in [-0.25, -0.2) is 0 Å². The van der Waals surface area contributed by atoms with Crippen LogP contribution in [0.5, 0.6) is 0 Å². The Morgan fingerprint density at radius 3 is 3.15 bits per heavy atom. The predicted octanol–water partition coefficient (Wildman–Crippen LogP) is 1.53. The Balaban J connectivity index is 2.48. The van der Waals surface area contributed by atoms with E-state index in [-0.39, 0.29) is 0 Å². The second-order valence-corrected chi connectivity index (χ2v) is 3.00. The normalized spacial score (nSPS) is 11.2. The number of rotatable bonds is 5. The van der Waals surface area contributed by atoms with Crippen molar-refractivity contribution in [2.45, 2.75) is 19.9 Å². The zero-order valence-electron chi connectivity index (χ0n) is 8.33. The molecule has 0 fully saturated rings. The van der Waals surface area contributed by atoms with Gasteiger partial charge >= 0.3 is 0 Å². The van der Waals surface area contributed by atoms with Gasteiger partial charge in [0, 0.05) is 24.8 Å². The molecule has 0 aromatic carbocycles. The number of nitrogens with zero attached hydrogens (tertiary/aromatic N) is 2. The van der Waals surface area contributed by atoms with Crippen LogP contribution >= 0.6 is 0 Å². The summed E-state index contributed by atoms with van der Waals surface area (Å²) in [5, 5.41) is 7.29. The van der Waals surface area contributed by atoms with Gasteiger partial charge in [-0.3, -0.25) is 4.68 Å². The average Bonchev–Trinajstić information content (AvgIpc) is 2.54. The molecular weight excluding hydrogens is 162 g/mol. The lowest BCUT2D eigenvalue weighted by Crippen LogP contribution is -2.03. The average molecular weight is 179 g/mol. The molecule has 0 radical (unpaired) electrons. The van der Waals surface area contributed by atoms with Crippen LogP contribution in [-0.2, 0) is 6.54 Å². The van der Waals surface area contributed by atoms with Crippen LogP contribution in [0, 0.1) is 0 Å². The maximum Gasteiger partial charge on any atom is 0.0562 e. The molecule has 13 heavy (non-hydrogen) atoms. The van der Waals surface area contributed by atoms with Gasteiger partial charge in [0.25, 0.3) is 0 Å². The summed E-state index contributed by atoms with van der Waals surface area (Å²) in [6, 6.07) is 0. The van der Waals surface area contributed by atoms with E-state index in [4.69, 9.17) is 0 Å². The van der Waals surface area contributed by atoms with Gasteiger partial charge < -0.3 is 5.32 Å². The molecule has 0 amide bonds. The van der Waals surface area contributed by atoms with E-state index in [0.717, 1.165) is 19.5 Å². The smallest absolute Gasteiger partial charge is 0.0562 e. The van der Waals surface area contributed by atoms with Crippen LogP contribution in [0.2, 0.25) is 0 Å². The van der Waals surface area contributed by atoms with E-state index in [9.17, 15) is 0 Å². The Morgan fingerprint density at radius 1 is 1.62 bits per heavy atom. The fourth-order valence-electron chi connectivity index (χ4n) is 1.13. The number of aromatic nitrogens is 2. The Bertz CT molecular complexity index is 263. The number of hydrogen-bond acceptors (Lipinski definition) is 2. The van der Waals surface area contributed by atoms with Crippen molar-refractivity contribution in [2.24, 2.45) is 0 Å². The Hall–Kier alpha value is -1.09. The molecule has 1 N–H and O–H groups in total. The van der Waals surface area contributed by atoms with Crippen molar-refractivity contribution in [1.29, 1.82) is 0 Å². The second kappa shape index (κ2) is 5.54. The van der Waals surface area contributed by atoms with Crippen LogP contribution in [0.1, 0.15) is 18.9 Å². The Kier molecular flexibility index (Phi) is 4.26. The molecule has 3 nitrogen and oxygen atoms in total. The maximum absolute atomic E-state index is 4.23. The molecule has 0 aliphatic rings. The summed E-state index contributed by atoms with van der Waals surface area (Å²) in [5.41, 5.74) is 1.17. The van der Waals surface area contributed by atoms with E-state index in [1.807, 2.05) is 17.9 Å². The molecule has 0 saturated carbocycles. The highest BCUT2D eigenvalue weighted by atomic mass is 15.3. The van der Waals surface area contributed by atoms with Crippen LogP contribution in [0.4, 0.5) is 0 Å². The van der Waals surface area contributed by atoms with Crippen molar-refractivity contribution in [3.05, 3.63) is 24.0 Å². The van der Waals surface area contributed by atoms with Gasteiger partial charge in [-0.1, -0.05) is 19.1 Å². The van der Waals surface area contributed by atoms with Gasteiger partial charge in [0.15, 0.2) is 0 Å². The van der Waals surface area contributed by atoms with Gasteiger partial charge in [0.05, 0.1) is 6.20 Å². The standard InChI is InChI=1S/C10H17N3/c1-3-7-13-9-10(8-12-13)5-4-6-11-2/h4-5,8-9,11H,3,6-7H2,1-2H3/b5-4+. The summed E-state index contributed by atoms with van der Waals surface area (Å²) >= 11 is 0. The Labute approximate surface area is 79.5 Å². The lowest BCUT2D eigenvalue weighted by molar-refractivity contribution is 0.602. The highest BCUT2D eigenvalue weighted by Gasteiger charge is 1.92. The molecule has 0 atom stereocenters. The molecule has 0 aliphatic carbocycles. The van der Waals surface area contributed by atoms with Gasteiger partial charge in [0.1, 0.15) is 0 Å². The fraction of sp³-hybridized carbons (Fsp3) is 0.500. The highest BCUT2D eigenvalue weighted by Crippen LogP contribution is 2.00. The first-order valence-electron chi connectivity index (χ1n) is 4.70. The first-order chi connectivity index (χ1) is 6.36. The van der Waals surface area contributed by atoms with Gasteiger partial charge in [-0.2, -0.15) is 5.10 Å². The van der Waals surface area contributed by atoms with E-state index in [1.54, 1.807) is 0 Å². The van der Waals surface area contributed by atoms with Crippen LogP contribution in [0.15, 0.2) is 18.5 Å². The molecule has 0 saturated heterocycles. The van der Waals surface area contributed by atoms with E-state index in [1.165, 1.54) is 5.56 Å². The molecule has 1 aromatic rings. The van der Waals surface area contributed by atoms with Crippen molar-refractivity contribution >= 4 is 6.08 Å². The quantitative estimate of drug-likeness (QED) is 0.742. The minimum atomic E-state index is 0.902. The topological polar surface area (TPSA) is 29.9 Å². The molecule has 72 valence electrons. The van der Waals surface area contributed by atoms with Crippen molar-refractivity contribution in [2.75, 3.05) is 13.6 Å². The minimum absolute atomic E-state index is 0.902. The van der Waals surface area contributed by atoms with Crippen molar-refractivity contribution in [1.82, 2.24) is 15.1 Å². The third-order valence-corrected chi connectivity index (χ3v) is 1.74. The fourth-order valence-corrected chi connectivity index (χ4v) is 1.13. The first kappa shape index (κ1) is 9.99. The summed E-state index contributed by atoms with van der Waals surface area (Å²) in [7, 11) is 1.94. The van der Waals surface area contributed by atoms with Crippen molar-refractivity contribution in [3.8, 4) is 0 Å². The highest BCUT2D eigenvalue weighted by molar-refractivity contribution is 5.46. The van der Waals surface area contributed by atoms with E-state index in [2.05, 4.69) is 35.7 Å². The van der Waals surface area contributed by atoms with Gasteiger partial charge in [-0.05, 0) is 13.5 Å². The largest absolute Gasteiger partial charge is 0.316 e. The monoisotopic (exact) mass is 179 g/mol. The minimum Gasteiger partial charge on any atom is -0.316 e. The van der Waals surface area contributed by atoms with Crippen LogP contribution in [0.3, 0.4) is 0 Å². The molecule has 1 heterocycles. The van der Waals surface area contributed by atoms with Crippen molar-refractivity contribution < 1.29 is 0 Å². The van der Waals surface area contributed by atoms with Gasteiger partial charge in [0.2, 0.25) is 0 Å². The maximum atomic E-state index is 4.23. The third-order valence-electron chi connectivity index (χ3n) is 1.74. The zero-order chi connectivity index (χ0) is 9.52. The van der Waals surface area contributed by atoms with E-state index >= 15 is 0 Å². The number of aryl methyl sites for hydroxylation is 1. The molecule has 3 heteroatoms. The lowest BCUT2D eigenvalue weighted by Gasteiger charge is -1.93. The third kappa shape index (κ3) is 3.42. The van der Waals surface area contributed by atoms with E-state index in [0.29, 0.717) is 0 Å². The predicted molar refractivity (Wildman–Crippen MR) is 55.5 cm³/mol. The van der Waals surface area contributed by atoms with E-state index < -0.39 is 0 Å². The van der Waals surface area contributed by atoms with Crippen LogP contribution < -0.4 is 5.32 Å². The van der Waals surface area contributed by atoms with Gasteiger partial charge in [-0.15, -0.1) is 0 Å². The molecule has 1 rings (SSSR count). The SMILES string of the molecule is CCCn1cc(/C=C/CNC)cn1. The summed E-state index contributed by atoms with van der Waals surface area (Å²) in [4.78, 5) is 0. The molecular formula is C10H17N3. The summed E-state index contributed by atoms with van der Waals surface area (Å²) in [6.07, 6.45) is 9.25. The number of hydrogen-bond donors (Lipinski definition) is 1. The summed E-state index contributed by atoms with van der Waals surface area (Å²) in [6.45, 7) is 4.05. The van der Waals surface area contributed by atoms with Crippen molar-refractivity contribution in [3.63, 3.8) is 0 Å². The lowest BCUT2D eigenvalue weighted by atomic mass is 10.3. The summed E-state index contributed by atoms with van der Waals surface area (Å²) < 4.78 is 1.97. The second-order valence-electron chi connectivity index (χ2n) is 3.00. The molecule has 0 unspecified atom stereocenters. The zero-order valence-corrected chi connectivity index (χ0v) is 8.33. The van der Waals surface area contributed by atoms with Crippen LogP contribution in [0.25, 0.3) is 6.08 Å². The molecule has 0 aliphatic heterocycles. The summed E-state index contributed by atoms with van der Waals surface area (Å²) in [5.74, 6) is 0. The molecule has 0 spiro atoms. The molecule has 0 bridgehead atoms. The number of likely N-dealkylation sites (N-methyl/N-ethyl adjacent to an activating group) is 1. The molecule has 1 aromatic heterocycles. The number of nitrogens with one attached hydrogen (secondary N) is 1. The first-order valence-corrected chi connectivity index (χ1v) is 4.70. The Morgan fingerprint density at radius 2 is 2.46 bits per heavy atom. The van der Waals surface area contributed by atoms with Crippen LogP contribution in [-0.4, -0.2) is 23.4 Å².